The van der Waals surface area contributed by atoms with Gasteiger partial charge in [0.2, 0.25) is 0 Å². The predicted octanol–water partition coefficient (Wildman–Crippen LogP) is 2.35. The number of hydrogen-bond donors (Lipinski definition) is 1. The van der Waals surface area contributed by atoms with Crippen LogP contribution in [0.1, 0.15) is 40.5 Å². The molecule has 0 aliphatic rings. The molecule has 0 aromatic rings. The summed E-state index contributed by atoms with van der Waals surface area (Å²) in [7, 11) is 2.02. The van der Waals surface area contributed by atoms with Crippen LogP contribution in [-0.2, 0) is 0 Å². The van der Waals surface area contributed by atoms with E-state index >= 15 is 0 Å². The van der Waals surface area contributed by atoms with Crippen LogP contribution < -0.4 is 5.32 Å². The third-order valence-electron chi connectivity index (χ3n) is 2.40. The molecule has 1 N–H and O–H groups in total. The Balaban J connectivity index is 3.72. The molecule has 0 atom stereocenters. The van der Waals surface area contributed by atoms with Crippen molar-refractivity contribution < 1.29 is 0 Å². The molecule has 2 nitrogen and oxygen atoms in total. The largest absolute Gasteiger partial charge is 0.318 e. The lowest BCUT2D eigenvalue weighted by molar-refractivity contribution is 0.229. The van der Waals surface area contributed by atoms with E-state index in [1.165, 1.54) is 32.5 Å². The van der Waals surface area contributed by atoms with E-state index in [-0.39, 0.29) is 0 Å². The Labute approximate surface area is 90.1 Å². The lowest BCUT2D eigenvalue weighted by atomic mass is 9.92. The summed E-state index contributed by atoms with van der Waals surface area (Å²) in [6.07, 6.45) is 2.55. The third-order valence-corrected chi connectivity index (χ3v) is 2.40. The van der Waals surface area contributed by atoms with Gasteiger partial charge in [0.15, 0.2) is 0 Å². The molecule has 0 saturated carbocycles. The zero-order chi connectivity index (χ0) is 11.0. The number of hydrogen-bond acceptors (Lipinski definition) is 2. The second kappa shape index (κ2) is 7.24. The van der Waals surface area contributed by atoms with Crippen LogP contribution in [-0.4, -0.2) is 38.1 Å². The maximum Gasteiger partial charge on any atom is 0.0107 e. The van der Waals surface area contributed by atoms with E-state index in [0.717, 1.165) is 6.54 Å². The van der Waals surface area contributed by atoms with E-state index in [9.17, 15) is 0 Å². The summed E-state index contributed by atoms with van der Waals surface area (Å²) >= 11 is 0. The van der Waals surface area contributed by atoms with E-state index < -0.39 is 0 Å². The molecule has 0 spiro atoms. The first-order valence-electron chi connectivity index (χ1n) is 5.86. The van der Waals surface area contributed by atoms with Crippen molar-refractivity contribution in [3.63, 3.8) is 0 Å². The topological polar surface area (TPSA) is 15.3 Å². The van der Waals surface area contributed by atoms with Gasteiger partial charge in [-0.25, -0.2) is 0 Å². The van der Waals surface area contributed by atoms with Gasteiger partial charge in [-0.15, -0.1) is 0 Å². The van der Waals surface area contributed by atoms with E-state index in [2.05, 4.69) is 37.9 Å². The second-order valence-corrected chi connectivity index (χ2v) is 5.26. The van der Waals surface area contributed by atoms with Crippen molar-refractivity contribution in [3.05, 3.63) is 0 Å². The summed E-state index contributed by atoms with van der Waals surface area (Å²) in [5.41, 5.74) is 0.464. The number of nitrogens with zero attached hydrogens (tertiary/aromatic N) is 1. The van der Waals surface area contributed by atoms with Crippen LogP contribution >= 0.6 is 0 Å². The van der Waals surface area contributed by atoms with Crippen molar-refractivity contribution in [1.29, 1.82) is 0 Å². The number of likely N-dealkylation sites (N-methyl/N-ethyl adjacent to an activating group) is 1. The fraction of sp³-hybridized carbons (Fsp3) is 1.00. The van der Waals surface area contributed by atoms with Crippen molar-refractivity contribution >= 4 is 0 Å². The molecule has 14 heavy (non-hydrogen) atoms. The molecule has 2 heteroatoms. The Bertz CT molecular complexity index is 127. The molecule has 0 fully saturated rings. The fourth-order valence-corrected chi connectivity index (χ4v) is 1.42. The maximum atomic E-state index is 3.21. The molecule has 0 aromatic heterocycles. The second-order valence-electron chi connectivity index (χ2n) is 5.26. The van der Waals surface area contributed by atoms with Gasteiger partial charge in [0.05, 0.1) is 0 Å². The highest BCUT2D eigenvalue weighted by atomic mass is 15.1. The van der Waals surface area contributed by atoms with E-state index in [4.69, 9.17) is 0 Å². The van der Waals surface area contributed by atoms with Gasteiger partial charge >= 0.3 is 0 Å². The molecular formula is C12H28N2. The Morgan fingerprint density at radius 1 is 1.07 bits per heavy atom. The molecular weight excluding hydrogens is 172 g/mol. The van der Waals surface area contributed by atoms with Crippen LogP contribution in [0.5, 0.6) is 0 Å². The normalized spacial score (nSPS) is 12.4. The lowest BCUT2D eigenvalue weighted by Crippen LogP contribution is -2.33. The van der Waals surface area contributed by atoms with Crippen LogP contribution in [0.25, 0.3) is 0 Å². The summed E-state index contributed by atoms with van der Waals surface area (Å²) < 4.78 is 0. The summed E-state index contributed by atoms with van der Waals surface area (Å²) in [6, 6.07) is 0. The molecule has 0 unspecified atom stereocenters. The maximum absolute atomic E-state index is 3.21. The van der Waals surface area contributed by atoms with Crippen LogP contribution in [0.15, 0.2) is 0 Å². The first-order chi connectivity index (χ1) is 6.49. The molecule has 0 radical (unpaired) electrons. The summed E-state index contributed by atoms with van der Waals surface area (Å²) in [6.45, 7) is 13.9. The van der Waals surface area contributed by atoms with Crippen LogP contribution in [0.4, 0.5) is 0 Å². The molecule has 0 aromatic carbocycles. The van der Waals surface area contributed by atoms with Gasteiger partial charge in [0.25, 0.3) is 0 Å². The van der Waals surface area contributed by atoms with Crippen molar-refractivity contribution in [2.45, 2.75) is 40.5 Å². The van der Waals surface area contributed by atoms with Crippen molar-refractivity contribution in [2.75, 3.05) is 33.2 Å². The predicted molar refractivity (Wildman–Crippen MR) is 64.7 cm³/mol. The molecule has 0 heterocycles. The van der Waals surface area contributed by atoms with Gasteiger partial charge in [0.1, 0.15) is 0 Å². The third kappa shape index (κ3) is 8.52. The van der Waals surface area contributed by atoms with Crippen molar-refractivity contribution in [1.82, 2.24) is 10.2 Å². The Morgan fingerprint density at radius 3 is 2.14 bits per heavy atom. The molecule has 0 amide bonds. The van der Waals surface area contributed by atoms with Gasteiger partial charge in [-0.3, -0.25) is 0 Å². The highest BCUT2D eigenvalue weighted by Gasteiger charge is 2.12. The zero-order valence-corrected chi connectivity index (χ0v) is 10.7. The van der Waals surface area contributed by atoms with Crippen molar-refractivity contribution in [2.24, 2.45) is 5.41 Å². The van der Waals surface area contributed by atoms with Gasteiger partial charge in [0, 0.05) is 13.1 Å². The smallest absolute Gasteiger partial charge is 0.0107 e. The minimum absolute atomic E-state index is 0.464. The first kappa shape index (κ1) is 13.9. The van der Waals surface area contributed by atoms with E-state index in [0.29, 0.717) is 5.41 Å². The Hall–Kier alpha value is -0.0800. The lowest BCUT2D eigenvalue weighted by Gasteiger charge is -2.26. The summed E-state index contributed by atoms with van der Waals surface area (Å²) in [5, 5.41) is 3.21. The Kier molecular flexibility index (Phi) is 7.20. The molecule has 0 aliphatic heterocycles. The summed E-state index contributed by atoms with van der Waals surface area (Å²) in [5.74, 6) is 0. The van der Waals surface area contributed by atoms with Gasteiger partial charge in [-0.2, -0.15) is 0 Å². The number of nitrogens with one attached hydrogen (secondary N) is 1. The van der Waals surface area contributed by atoms with Crippen molar-refractivity contribution in [3.8, 4) is 0 Å². The van der Waals surface area contributed by atoms with Gasteiger partial charge in [-0.1, -0.05) is 27.7 Å². The SMILES string of the molecule is CCCN(CCNC)CCC(C)(C)C. The molecule has 86 valence electrons. The highest BCUT2D eigenvalue weighted by molar-refractivity contribution is 4.66. The van der Waals surface area contributed by atoms with Crippen LogP contribution in [0.2, 0.25) is 0 Å². The Morgan fingerprint density at radius 2 is 1.71 bits per heavy atom. The summed E-state index contributed by atoms with van der Waals surface area (Å²) in [4.78, 5) is 2.56. The van der Waals surface area contributed by atoms with Crippen LogP contribution in [0.3, 0.4) is 0 Å². The van der Waals surface area contributed by atoms with Crippen LogP contribution in [0, 0.1) is 5.41 Å². The highest BCUT2D eigenvalue weighted by Crippen LogP contribution is 2.18. The monoisotopic (exact) mass is 200 g/mol. The standard InChI is InChI=1S/C12H28N2/c1-6-9-14(11-8-13-5)10-7-12(2,3)4/h13H,6-11H2,1-5H3. The molecule has 0 saturated heterocycles. The minimum atomic E-state index is 0.464. The number of rotatable bonds is 7. The quantitative estimate of drug-likeness (QED) is 0.678. The van der Waals surface area contributed by atoms with Gasteiger partial charge in [-0.05, 0) is 38.4 Å². The molecule has 0 aliphatic carbocycles. The van der Waals surface area contributed by atoms with E-state index in [1.54, 1.807) is 0 Å². The average molecular weight is 200 g/mol. The average Bonchev–Trinajstić information content (AvgIpc) is 2.08. The van der Waals surface area contributed by atoms with E-state index in [1.807, 2.05) is 7.05 Å². The fourth-order valence-electron chi connectivity index (χ4n) is 1.42. The zero-order valence-electron chi connectivity index (χ0n) is 10.7. The minimum Gasteiger partial charge on any atom is -0.318 e. The van der Waals surface area contributed by atoms with Gasteiger partial charge < -0.3 is 10.2 Å². The molecule has 0 rings (SSSR count). The first-order valence-corrected chi connectivity index (χ1v) is 5.86. The molecule has 0 bridgehead atoms.